The van der Waals surface area contributed by atoms with E-state index in [2.05, 4.69) is 15.6 Å². The summed E-state index contributed by atoms with van der Waals surface area (Å²) in [6.45, 7) is 7.43. The van der Waals surface area contributed by atoms with Gasteiger partial charge in [-0.05, 0) is 25.5 Å². The topological polar surface area (TPSA) is 66.0 Å². The fourth-order valence-corrected chi connectivity index (χ4v) is 2.68. The first-order valence-corrected chi connectivity index (χ1v) is 8.73. The van der Waals surface area contributed by atoms with Crippen LogP contribution in [0, 0.1) is 0 Å². The van der Waals surface area contributed by atoms with E-state index < -0.39 is 0 Å². The average Bonchev–Trinajstić information content (AvgIpc) is 3.07. The number of hydrogen-bond acceptors (Lipinski definition) is 3. The van der Waals surface area contributed by atoms with E-state index in [-0.39, 0.29) is 35.9 Å². The maximum atomic E-state index is 11.8. The molecule has 2 N–H and O–H groups in total. The molecule has 0 spiro atoms. The number of carbonyl (C=O) groups is 1. The summed E-state index contributed by atoms with van der Waals surface area (Å²) in [7, 11) is 0. The third kappa shape index (κ3) is 7.50. The summed E-state index contributed by atoms with van der Waals surface area (Å²) in [4.78, 5) is 18.2. The molecule has 0 bridgehead atoms. The van der Waals surface area contributed by atoms with Crippen molar-refractivity contribution in [1.29, 1.82) is 0 Å². The van der Waals surface area contributed by atoms with E-state index in [0.717, 1.165) is 37.8 Å². The molecule has 25 heavy (non-hydrogen) atoms. The lowest BCUT2D eigenvalue weighted by Crippen LogP contribution is -2.45. The molecule has 2 rings (SSSR count). The summed E-state index contributed by atoms with van der Waals surface area (Å²) in [6.07, 6.45) is 1.52. The van der Waals surface area contributed by atoms with Gasteiger partial charge in [0.1, 0.15) is 12.4 Å². The van der Waals surface area contributed by atoms with Crippen LogP contribution in [0.4, 0.5) is 0 Å². The highest BCUT2D eigenvalue weighted by atomic mass is 127. The Balaban J connectivity index is 0.00000312. The van der Waals surface area contributed by atoms with E-state index in [1.165, 1.54) is 0 Å². The number of nitrogens with one attached hydrogen (secondary N) is 2. The number of nitrogens with zero attached hydrogens (tertiary/aromatic N) is 2. The van der Waals surface area contributed by atoms with Crippen LogP contribution in [0.1, 0.15) is 26.7 Å². The van der Waals surface area contributed by atoms with E-state index in [9.17, 15) is 4.79 Å². The monoisotopic (exact) mass is 460 g/mol. The largest absolute Gasteiger partial charge is 0.492 e. The smallest absolute Gasteiger partial charge is 0.222 e. The molecule has 0 aromatic heterocycles. The highest BCUT2D eigenvalue weighted by Crippen LogP contribution is 2.10. The number of ether oxygens (including phenoxy) is 1. The molecule has 140 valence electrons. The molecule has 1 saturated heterocycles. The molecule has 6 nitrogen and oxygen atoms in total. The molecule has 7 heteroatoms. The van der Waals surface area contributed by atoms with Crippen LogP contribution in [0.2, 0.25) is 0 Å². The normalized spacial score (nSPS) is 17.0. The SMILES string of the molecule is CCNC(=NCCOc1ccccc1)NC1CCN(C(=O)CC)C1.I. The van der Waals surface area contributed by atoms with Crippen LogP contribution in [0.5, 0.6) is 5.75 Å². The quantitative estimate of drug-likeness (QED) is 0.284. The number of benzene rings is 1. The summed E-state index contributed by atoms with van der Waals surface area (Å²) >= 11 is 0. The highest BCUT2D eigenvalue weighted by Gasteiger charge is 2.25. The lowest BCUT2D eigenvalue weighted by atomic mass is 10.3. The number of amides is 1. The lowest BCUT2D eigenvalue weighted by molar-refractivity contribution is -0.129. The van der Waals surface area contributed by atoms with Gasteiger partial charge in [0, 0.05) is 32.1 Å². The number of guanidine groups is 1. The molecule has 0 radical (unpaired) electrons. The number of aliphatic imine (C=N–C) groups is 1. The molecule has 1 fully saturated rings. The fraction of sp³-hybridized carbons (Fsp3) is 0.556. The van der Waals surface area contributed by atoms with Gasteiger partial charge in [-0.25, -0.2) is 4.99 Å². The molecule has 1 aromatic rings. The Morgan fingerprint density at radius 2 is 2.08 bits per heavy atom. The zero-order valence-corrected chi connectivity index (χ0v) is 17.4. The number of hydrogen-bond donors (Lipinski definition) is 2. The number of para-hydroxylation sites is 1. The van der Waals surface area contributed by atoms with E-state index in [1.807, 2.05) is 49.1 Å². The van der Waals surface area contributed by atoms with E-state index >= 15 is 0 Å². The van der Waals surface area contributed by atoms with E-state index in [0.29, 0.717) is 19.6 Å². The summed E-state index contributed by atoms with van der Waals surface area (Å²) in [6, 6.07) is 10.00. The Bertz CT molecular complexity index is 539. The Morgan fingerprint density at radius 3 is 2.76 bits per heavy atom. The molecule has 1 heterocycles. The highest BCUT2D eigenvalue weighted by molar-refractivity contribution is 14.0. The molecule has 0 saturated carbocycles. The number of carbonyl (C=O) groups excluding carboxylic acids is 1. The van der Waals surface area contributed by atoms with Crippen LogP contribution in [-0.2, 0) is 4.79 Å². The van der Waals surface area contributed by atoms with Crippen LogP contribution in [0.15, 0.2) is 35.3 Å². The van der Waals surface area contributed by atoms with Gasteiger partial charge in [0.2, 0.25) is 5.91 Å². The van der Waals surface area contributed by atoms with Crippen molar-refractivity contribution in [3.8, 4) is 5.75 Å². The zero-order chi connectivity index (χ0) is 17.2. The van der Waals surface area contributed by atoms with Crippen molar-refractivity contribution < 1.29 is 9.53 Å². The molecule has 1 aliphatic rings. The second-order valence-corrected chi connectivity index (χ2v) is 5.75. The molecule has 1 aromatic carbocycles. The van der Waals surface area contributed by atoms with Crippen molar-refractivity contribution in [1.82, 2.24) is 15.5 Å². The van der Waals surface area contributed by atoms with Gasteiger partial charge in [-0.3, -0.25) is 4.79 Å². The van der Waals surface area contributed by atoms with Gasteiger partial charge in [-0.15, -0.1) is 24.0 Å². The molecular weight excluding hydrogens is 431 g/mol. The van der Waals surface area contributed by atoms with Crippen LogP contribution in [-0.4, -0.2) is 55.6 Å². The van der Waals surface area contributed by atoms with Crippen molar-refractivity contribution in [2.45, 2.75) is 32.7 Å². The standard InChI is InChI=1S/C18H28N4O2.HI/c1-3-17(23)22-12-10-15(14-22)21-18(19-4-2)20-11-13-24-16-8-6-5-7-9-16;/h5-9,15H,3-4,10-14H2,1-2H3,(H2,19,20,21);1H. The van der Waals surface area contributed by atoms with Gasteiger partial charge in [0.25, 0.3) is 0 Å². The van der Waals surface area contributed by atoms with Gasteiger partial charge in [-0.1, -0.05) is 25.1 Å². The predicted octanol–water partition coefficient (Wildman–Crippen LogP) is 2.25. The first-order valence-electron chi connectivity index (χ1n) is 8.73. The number of halogens is 1. The number of likely N-dealkylation sites (tertiary alicyclic amines) is 1. The van der Waals surface area contributed by atoms with Crippen LogP contribution < -0.4 is 15.4 Å². The molecule has 1 amide bonds. The molecular formula is C18H29IN4O2. The minimum Gasteiger partial charge on any atom is -0.492 e. The van der Waals surface area contributed by atoms with Crippen molar-refractivity contribution in [2.24, 2.45) is 4.99 Å². The Hall–Kier alpha value is -1.51. The minimum absolute atomic E-state index is 0. The predicted molar refractivity (Wildman–Crippen MR) is 112 cm³/mol. The van der Waals surface area contributed by atoms with Gasteiger partial charge in [-0.2, -0.15) is 0 Å². The van der Waals surface area contributed by atoms with Gasteiger partial charge >= 0.3 is 0 Å². The Kier molecular flexibility index (Phi) is 10.3. The molecule has 1 unspecified atom stereocenters. The molecule has 0 aliphatic carbocycles. The zero-order valence-electron chi connectivity index (χ0n) is 15.0. The Labute approximate surface area is 167 Å². The van der Waals surface area contributed by atoms with E-state index in [1.54, 1.807) is 0 Å². The lowest BCUT2D eigenvalue weighted by Gasteiger charge is -2.18. The van der Waals surface area contributed by atoms with E-state index in [4.69, 9.17) is 4.74 Å². The second-order valence-electron chi connectivity index (χ2n) is 5.75. The maximum Gasteiger partial charge on any atom is 0.222 e. The first kappa shape index (κ1) is 21.5. The van der Waals surface area contributed by atoms with Gasteiger partial charge < -0.3 is 20.3 Å². The second kappa shape index (κ2) is 11.9. The summed E-state index contributed by atoms with van der Waals surface area (Å²) in [5, 5.41) is 6.66. The van der Waals surface area contributed by atoms with Crippen molar-refractivity contribution in [3.63, 3.8) is 0 Å². The summed E-state index contributed by atoms with van der Waals surface area (Å²) < 4.78 is 5.65. The minimum atomic E-state index is 0. The first-order chi connectivity index (χ1) is 11.7. The van der Waals surface area contributed by atoms with Crippen LogP contribution in [0.3, 0.4) is 0 Å². The maximum absolute atomic E-state index is 11.8. The van der Waals surface area contributed by atoms with Crippen molar-refractivity contribution in [2.75, 3.05) is 32.8 Å². The molecule has 1 atom stereocenters. The van der Waals surface area contributed by atoms with Gasteiger partial charge in [0.15, 0.2) is 5.96 Å². The third-order valence-electron chi connectivity index (χ3n) is 3.90. The van der Waals surface area contributed by atoms with Crippen molar-refractivity contribution >= 4 is 35.8 Å². The summed E-state index contributed by atoms with van der Waals surface area (Å²) in [5.41, 5.74) is 0. The fourth-order valence-electron chi connectivity index (χ4n) is 2.68. The van der Waals surface area contributed by atoms with Crippen LogP contribution in [0.25, 0.3) is 0 Å². The molecule has 1 aliphatic heterocycles. The van der Waals surface area contributed by atoms with Crippen LogP contribution >= 0.6 is 24.0 Å². The Morgan fingerprint density at radius 1 is 1.32 bits per heavy atom. The summed E-state index contributed by atoms with van der Waals surface area (Å²) in [5.74, 6) is 1.86. The third-order valence-corrected chi connectivity index (χ3v) is 3.90. The van der Waals surface area contributed by atoms with Gasteiger partial charge in [0.05, 0.1) is 6.54 Å². The average molecular weight is 460 g/mol. The number of rotatable bonds is 7. The van der Waals surface area contributed by atoms with Crippen molar-refractivity contribution in [3.05, 3.63) is 30.3 Å².